The van der Waals surface area contributed by atoms with Gasteiger partial charge < -0.3 is 10.2 Å². The van der Waals surface area contributed by atoms with E-state index in [9.17, 15) is 9.59 Å². The van der Waals surface area contributed by atoms with E-state index in [2.05, 4.69) is 5.32 Å². The highest BCUT2D eigenvalue weighted by Crippen LogP contribution is 2.34. The zero-order chi connectivity index (χ0) is 18.1. The highest BCUT2D eigenvalue weighted by atomic mass is 16.2. The summed E-state index contributed by atoms with van der Waals surface area (Å²) in [5.74, 6) is 0.366. The Labute approximate surface area is 154 Å². The van der Waals surface area contributed by atoms with Gasteiger partial charge in [-0.05, 0) is 62.1 Å². The molecule has 2 amide bonds. The average Bonchev–Trinajstić information content (AvgIpc) is 3.31. The molecular weight excluding hydrogens is 324 g/mol. The van der Waals surface area contributed by atoms with E-state index in [4.69, 9.17) is 0 Å². The van der Waals surface area contributed by atoms with Gasteiger partial charge in [-0.3, -0.25) is 9.59 Å². The van der Waals surface area contributed by atoms with E-state index in [1.54, 1.807) is 0 Å². The van der Waals surface area contributed by atoms with Crippen LogP contribution in [0.15, 0.2) is 42.5 Å². The molecule has 0 aromatic heterocycles. The quantitative estimate of drug-likeness (QED) is 0.898. The molecule has 2 aromatic carbocycles. The number of carbonyl (C=O) groups is 2. The minimum atomic E-state index is -0.106. The van der Waals surface area contributed by atoms with Gasteiger partial charge in [0.05, 0.1) is 0 Å². The number of nitrogens with one attached hydrogen (secondary N) is 1. The number of anilines is 2. The van der Waals surface area contributed by atoms with Gasteiger partial charge in [0.25, 0.3) is 5.91 Å². The van der Waals surface area contributed by atoms with Crippen molar-refractivity contribution in [2.45, 2.75) is 39.0 Å². The van der Waals surface area contributed by atoms with Crippen LogP contribution in [0.4, 0.5) is 11.4 Å². The zero-order valence-corrected chi connectivity index (χ0v) is 15.1. The van der Waals surface area contributed by atoms with Crippen molar-refractivity contribution < 1.29 is 9.59 Å². The highest BCUT2D eigenvalue weighted by Gasteiger charge is 2.31. The summed E-state index contributed by atoms with van der Waals surface area (Å²) in [5, 5.41) is 2.97. The molecule has 0 unspecified atom stereocenters. The van der Waals surface area contributed by atoms with Crippen molar-refractivity contribution in [2.24, 2.45) is 5.92 Å². The Hall–Kier alpha value is -2.62. The summed E-state index contributed by atoms with van der Waals surface area (Å²) in [6.07, 6.45) is 5.23. The van der Waals surface area contributed by atoms with Crippen LogP contribution in [0.2, 0.25) is 0 Å². The Bertz CT molecular complexity index is 853. The summed E-state index contributed by atoms with van der Waals surface area (Å²) >= 11 is 0. The number of fused-ring (bicyclic) bond motifs is 1. The third-order valence-corrected chi connectivity index (χ3v) is 5.48. The molecule has 0 saturated heterocycles. The number of carbonyl (C=O) groups excluding carboxylic acids is 2. The van der Waals surface area contributed by atoms with Crippen LogP contribution in [0, 0.1) is 12.8 Å². The van der Waals surface area contributed by atoms with E-state index >= 15 is 0 Å². The zero-order valence-electron chi connectivity index (χ0n) is 15.1. The summed E-state index contributed by atoms with van der Waals surface area (Å²) in [4.78, 5) is 27.1. The van der Waals surface area contributed by atoms with E-state index in [1.807, 2.05) is 54.3 Å². The van der Waals surface area contributed by atoms with Crippen molar-refractivity contribution in [3.8, 4) is 0 Å². The molecule has 0 spiro atoms. The molecular formula is C22H24N2O2. The van der Waals surface area contributed by atoms with Gasteiger partial charge in [0.1, 0.15) is 0 Å². The van der Waals surface area contributed by atoms with Gasteiger partial charge in [0.15, 0.2) is 0 Å². The van der Waals surface area contributed by atoms with E-state index < -0.39 is 0 Å². The number of hydrogen-bond donors (Lipinski definition) is 1. The molecule has 4 rings (SSSR count). The molecule has 4 nitrogen and oxygen atoms in total. The Morgan fingerprint density at radius 2 is 1.88 bits per heavy atom. The Morgan fingerprint density at radius 3 is 2.65 bits per heavy atom. The van der Waals surface area contributed by atoms with Crippen LogP contribution in [0.25, 0.3) is 0 Å². The highest BCUT2D eigenvalue weighted by molar-refractivity contribution is 6.05. The minimum Gasteiger partial charge on any atom is -0.322 e. The van der Waals surface area contributed by atoms with Crippen LogP contribution in [0.3, 0.4) is 0 Å². The van der Waals surface area contributed by atoms with Crippen molar-refractivity contribution in [3.63, 3.8) is 0 Å². The lowest BCUT2D eigenvalue weighted by Crippen LogP contribution is -2.33. The number of rotatable bonds is 3. The first-order valence-corrected chi connectivity index (χ1v) is 9.44. The number of benzene rings is 2. The molecule has 1 saturated carbocycles. The maximum atomic E-state index is 12.7. The van der Waals surface area contributed by atoms with Crippen LogP contribution in [-0.2, 0) is 11.2 Å². The van der Waals surface area contributed by atoms with Crippen molar-refractivity contribution >= 4 is 23.2 Å². The van der Waals surface area contributed by atoms with E-state index in [0.29, 0.717) is 5.56 Å². The molecule has 1 aliphatic heterocycles. The SMILES string of the molecule is Cc1cccc(C(=O)Nc2ccc3c(c2)CCN3C(=O)C2CCCC2)c1. The number of aryl methyl sites for hydroxylation is 1. The second kappa shape index (κ2) is 6.94. The first-order chi connectivity index (χ1) is 12.6. The lowest BCUT2D eigenvalue weighted by molar-refractivity contribution is -0.122. The fourth-order valence-corrected chi connectivity index (χ4v) is 4.09. The van der Waals surface area contributed by atoms with Gasteiger partial charge in [-0.25, -0.2) is 0 Å². The maximum absolute atomic E-state index is 12.7. The monoisotopic (exact) mass is 348 g/mol. The molecule has 2 aliphatic rings. The van der Waals surface area contributed by atoms with Gasteiger partial charge in [0, 0.05) is 29.4 Å². The van der Waals surface area contributed by atoms with Crippen LogP contribution >= 0.6 is 0 Å². The molecule has 26 heavy (non-hydrogen) atoms. The Kier molecular flexibility index (Phi) is 4.49. The smallest absolute Gasteiger partial charge is 0.255 e. The first kappa shape index (κ1) is 16.8. The standard InChI is InChI=1S/C22H24N2O2/c1-15-5-4-8-18(13-15)21(25)23-19-9-10-20-17(14-19)11-12-24(20)22(26)16-6-2-3-7-16/h4-5,8-10,13-14,16H,2-3,6-7,11-12H2,1H3,(H,23,25). The maximum Gasteiger partial charge on any atom is 0.255 e. The van der Waals surface area contributed by atoms with Crippen molar-refractivity contribution in [1.82, 2.24) is 0 Å². The van der Waals surface area contributed by atoms with Gasteiger partial charge >= 0.3 is 0 Å². The van der Waals surface area contributed by atoms with Gasteiger partial charge in [-0.15, -0.1) is 0 Å². The van der Waals surface area contributed by atoms with Gasteiger partial charge in [-0.2, -0.15) is 0 Å². The first-order valence-electron chi connectivity index (χ1n) is 9.44. The topological polar surface area (TPSA) is 49.4 Å². The molecule has 1 fully saturated rings. The second-order valence-electron chi connectivity index (χ2n) is 7.39. The number of nitrogens with zero attached hydrogens (tertiary/aromatic N) is 1. The fraction of sp³-hybridized carbons (Fsp3) is 0.364. The lowest BCUT2D eigenvalue weighted by atomic mass is 10.1. The normalized spacial score (nSPS) is 16.6. The molecule has 0 atom stereocenters. The molecule has 1 aliphatic carbocycles. The van der Waals surface area contributed by atoms with Crippen molar-refractivity contribution in [1.29, 1.82) is 0 Å². The number of hydrogen-bond acceptors (Lipinski definition) is 2. The van der Waals surface area contributed by atoms with Crippen molar-refractivity contribution in [2.75, 3.05) is 16.8 Å². The number of amides is 2. The van der Waals surface area contributed by atoms with Crippen LogP contribution in [-0.4, -0.2) is 18.4 Å². The Morgan fingerprint density at radius 1 is 1.08 bits per heavy atom. The lowest BCUT2D eigenvalue weighted by Gasteiger charge is -2.21. The molecule has 4 heteroatoms. The summed E-state index contributed by atoms with van der Waals surface area (Å²) in [6.45, 7) is 2.72. The third kappa shape index (κ3) is 3.24. The molecule has 134 valence electrons. The fourth-order valence-electron chi connectivity index (χ4n) is 4.09. The van der Waals surface area contributed by atoms with Crippen molar-refractivity contribution in [3.05, 3.63) is 59.2 Å². The van der Waals surface area contributed by atoms with Crippen LogP contribution in [0.1, 0.15) is 47.2 Å². The van der Waals surface area contributed by atoms with Gasteiger partial charge in [0.2, 0.25) is 5.91 Å². The molecule has 2 aromatic rings. The molecule has 0 radical (unpaired) electrons. The second-order valence-corrected chi connectivity index (χ2v) is 7.39. The molecule has 1 heterocycles. The van der Waals surface area contributed by atoms with Crippen LogP contribution in [0.5, 0.6) is 0 Å². The van der Waals surface area contributed by atoms with Gasteiger partial charge in [-0.1, -0.05) is 30.5 Å². The van der Waals surface area contributed by atoms with E-state index in [0.717, 1.165) is 48.3 Å². The van der Waals surface area contributed by atoms with E-state index in [1.165, 1.54) is 12.8 Å². The predicted octanol–water partition coefficient (Wildman–Crippen LogP) is 4.33. The van der Waals surface area contributed by atoms with Crippen LogP contribution < -0.4 is 10.2 Å². The molecule has 1 N–H and O–H groups in total. The minimum absolute atomic E-state index is 0.106. The predicted molar refractivity (Wildman–Crippen MR) is 104 cm³/mol. The Balaban J connectivity index is 1.49. The third-order valence-electron chi connectivity index (χ3n) is 5.48. The summed E-state index contributed by atoms with van der Waals surface area (Å²) in [5.41, 5.74) is 4.65. The summed E-state index contributed by atoms with van der Waals surface area (Å²) < 4.78 is 0. The summed E-state index contributed by atoms with van der Waals surface area (Å²) in [6, 6.07) is 13.4. The summed E-state index contributed by atoms with van der Waals surface area (Å²) in [7, 11) is 0. The average molecular weight is 348 g/mol. The van der Waals surface area contributed by atoms with E-state index in [-0.39, 0.29) is 17.7 Å². The molecule has 0 bridgehead atoms. The largest absolute Gasteiger partial charge is 0.322 e.